The second-order valence-electron chi connectivity index (χ2n) is 5.56. The van der Waals surface area contributed by atoms with E-state index in [1.807, 2.05) is 12.1 Å². The third-order valence-corrected chi connectivity index (χ3v) is 4.88. The number of nitrogens with zero attached hydrogens (tertiary/aromatic N) is 2. The summed E-state index contributed by atoms with van der Waals surface area (Å²) >= 11 is 1.73. The molecule has 0 saturated heterocycles. The van der Waals surface area contributed by atoms with E-state index in [0.29, 0.717) is 0 Å². The van der Waals surface area contributed by atoms with Gasteiger partial charge in [0.1, 0.15) is 5.71 Å². The van der Waals surface area contributed by atoms with Crippen LogP contribution in [0.25, 0.3) is 11.1 Å². The molecule has 0 radical (unpaired) electrons. The highest BCUT2D eigenvalue weighted by Crippen LogP contribution is 2.36. The molecule has 3 aromatic rings. The van der Waals surface area contributed by atoms with Crippen LogP contribution in [-0.2, 0) is 0 Å². The van der Waals surface area contributed by atoms with E-state index in [2.05, 4.69) is 77.1 Å². The fourth-order valence-corrected chi connectivity index (χ4v) is 3.35. The lowest BCUT2D eigenvalue weighted by Gasteiger charge is -1.98. The van der Waals surface area contributed by atoms with Crippen LogP contribution in [0.2, 0.25) is 0 Å². The van der Waals surface area contributed by atoms with Gasteiger partial charge in [-0.2, -0.15) is 5.10 Å². The average molecular weight is 328 g/mol. The predicted octanol–water partition coefficient (Wildman–Crippen LogP) is 5.26. The van der Waals surface area contributed by atoms with Gasteiger partial charge >= 0.3 is 0 Å². The molecule has 24 heavy (non-hydrogen) atoms. The maximum absolute atomic E-state index is 4.52. The Morgan fingerprint density at radius 1 is 0.708 bits per heavy atom. The van der Waals surface area contributed by atoms with E-state index in [-0.39, 0.29) is 0 Å². The number of fused-ring (bicyclic) bond motifs is 3. The van der Waals surface area contributed by atoms with Gasteiger partial charge in [-0.05, 0) is 35.1 Å². The highest BCUT2D eigenvalue weighted by Gasteiger charge is 2.23. The molecule has 2 nitrogen and oxygen atoms in total. The van der Waals surface area contributed by atoms with Crippen LogP contribution in [0, 0.1) is 0 Å². The minimum absolute atomic E-state index is 0.943. The molecule has 3 aromatic carbocycles. The normalized spacial score (nSPS) is 12.3. The molecule has 0 aromatic heterocycles. The zero-order valence-corrected chi connectivity index (χ0v) is 14.1. The molecule has 0 fully saturated rings. The molecular weight excluding hydrogens is 312 g/mol. The fraction of sp³-hybridized carbons (Fsp3) is 0.0476. The van der Waals surface area contributed by atoms with Crippen LogP contribution in [0.15, 0.2) is 87.9 Å². The first-order chi connectivity index (χ1) is 11.9. The van der Waals surface area contributed by atoms with E-state index >= 15 is 0 Å². The van der Waals surface area contributed by atoms with E-state index in [1.165, 1.54) is 16.0 Å². The lowest BCUT2D eigenvalue weighted by molar-refractivity contribution is 1.25. The van der Waals surface area contributed by atoms with Crippen molar-refractivity contribution in [1.29, 1.82) is 0 Å². The maximum atomic E-state index is 4.52. The van der Waals surface area contributed by atoms with Gasteiger partial charge in [-0.3, -0.25) is 0 Å². The van der Waals surface area contributed by atoms with Gasteiger partial charge in [0.2, 0.25) is 0 Å². The molecule has 0 unspecified atom stereocenters. The highest BCUT2D eigenvalue weighted by atomic mass is 32.2. The summed E-state index contributed by atoms with van der Waals surface area (Å²) in [6.45, 7) is 0. The Morgan fingerprint density at radius 2 is 1.25 bits per heavy atom. The van der Waals surface area contributed by atoms with Gasteiger partial charge in [0.25, 0.3) is 0 Å². The van der Waals surface area contributed by atoms with Crippen molar-refractivity contribution in [2.24, 2.45) is 10.2 Å². The Morgan fingerprint density at radius 3 is 1.79 bits per heavy atom. The standard InChI is InChI=1S/C21H16N2S/c1-24-16-12-10-15(11-13-16)14-22-23-21-19-8-4-2-6-17(19)18-7-3-5-9-20(18)21/h2-14H,1H3/b22-14+. The maximum Gasteiger partial charge on any atom is 0.101 e. The van der Waals surface area contributed by atoms with Gasteiger partial charge in [-0.15, -0.1) is 16.9 Å². The highest BCUT2D eigenvalue weighted by molar-refractivity contribution is 7.98. The van der Waals surface area contributed by atoms with Crippen molar-refractivity contribution in [3.63, 3.8) is 0 Å². The predicted molar refractivity (Wildman–Crippen MR) is 103 cm³/mol. The number of benzene rings is 3. The second kappa shape index (κ2) is 6.46. The Labute approximate surface area is 146 Å². The molecule has 0 aliphatic heterocycles. The summed E-state index contributed by atoms with van der Waals surface area (Å²) in [6, 6.07) is 25.0. The van der Waals surface area contributed by atoms with Crippen LogP contribution in [-0.4, -0.2) is 18.2 Å². The lowest BCUT2D eigenvalue weighted by atomic mass is 10.1. The largest absolute Gasteiger partial charge is 0.158 e. The summed E-state index contributed by atoms with van der Waals surface area (Å²) in [5, 5.41) is 8.86. The van der Waals surface area contributed by atoms with Crippen molar-refractivity contribution in [1.82, 2.24) is 0 Å². The summed E-state index contributed by atoms with van der Waals surface area (Å²) in [7, 11) is 0. The van der Waals surface area contributed by atoms with Crippen molar-refractivity contribution in [2.75, 3.05) is 6.26 Å². The monoisotopic (exact) mass is 328 g/mol. The molecule has 3 heteroatoms. The van der Waals surface area contributed by atoms with Gasteiger partial charge < -0.3 is 0 Å². The van der Waals surface area contributed by atoms with Crippen LogP contribution in [0.5, 0.6) is 0 Å². The Kier molecular flexibility index (Phi) is 4.01. The smallest absolute Gasteiger partial charge is 0.101 e. The van der Waals surface area contributed by atoms with Gasteiger partial charge in [0.05, 0.1) is 6.21 Å². The van der Waals surface area contributed by atoms with E-state index < -0.39 is 0 Å². The van der Waals surface area contributed by atoms with Gasteiger partial charge in [-0.1, -0.05) is 60.7 Å². The summed E-state index contributed by atoms with van der Waals surface area (Å²) in [6.07, 6.45) is 3.88. The van der Waals surface area contributed by atoms with Crippen molar-refractivity contribution in [3.8, 4) is 11.1 Å². The van der Waals surface area contributed by atoms with Crippen LogP contribution < -0.4 is 0 Å². The van der Waals surface area contributed by atoms with Gasteiger partial charge in [0, 0.05) is 16.0 Å². The third-order valence-electron chi connectivity index (χ3n) is 4.13. The second-order valence-corrected chi connectivity index (χ2v) is 6.44. The van der Waals surface area contributed by atoms with Crippen LogP contribution >= 0.6 is 11.8 Å². The molecule has 0 atom stereocenters. The summed E-state index contributed by atoms with van der Waals surface area (Å²) in [5.74, 6) is 0. The van der Waals surface area contributed by atoms with E-state index in [9.17, 15) is 0 Å². The molecule has 1 aliphatic rings. The van der Waals surface area contributed by atoms with Crippen LogP contribution in [0.1, 0.15) is 16.7 Å². The zero-order chi connectivity index (χ0) is 16.4. The lowest BCUT2D eigenvalue weighted by Crippen LogP contribution is -1.97. The van der Waals surface area contributed by atoms with E-state index in [0.717, 1.165) is 22.4 Å². The topological polar surface area (TPSA) is 24.7 Å². The first kappa shape index (κ1) is 14.9. The average Bonchev–Trinajstić information content (AvgIpc) is 2.97. The van der Waals surface area contributed by atoms with Crippen molar-refractivity contribution in [2.45, 2.75) is 4.90 Å². The fourth-order valence-electron chi connectivity index (χ4n) is 2.95. The van der Waals surface area contributed by atoms with Crippen molar-refractivity contribution in [3.05, 3.63) is 89.5 Å². The van der Waals surface area contributed by atoms with E-state index in [1.54, 1.807) is 18.0 Å². The number of rotatable bonds is 3. The summed E-state index contributed by atoms with van der Waals surface area (Å²) in [5.41, 5.74) is 6.75. The minimum Gasteiger partial charge on any atom is -0.158 e. The Hall–Kier alpha value is -2.65. The molecule has 0 amide bonds. The first-order valence-corrected chi connectivity index (χ1v) is 9.03. The molecule has 0 bridgehead atoms. The Balaban J connectivity index is 1.70. The number of thioether (sulfide) groups is 1. The first-order valence-electron chi connectivity index (χ1n) is 7.81. The van der Waals surface area contributed by atoms with Gasteiger partial charge in [-0.25, -0.2) is 0 Å². The molecule has 4 rings (SSSR count). The van der Waals surface area contributed by atoms with Crippen LogP contribution in [0.3, 0.4) is 0 Å². The third kappa shape index (κ3) is 2.68. The van der Waals surface area contributed by atoms with Gasteiger partial charge in [0.15, 0.2) is 0 Å². The molecule has 0 heterocycles. The number of hydrogen-bond donors (Lipinski definition) is 0. The molecule has 0 spiro atoms. The molecule has 0 saturated carbocycles. The van der Waals surface area contributed by atoms with Crippen molar-refractivity contribution >= 4 is 23.7 Å². The molecule has 0 N–H and O–H groups in total. The summed E-state index contributed by atoms with van der Waals surface area (Å²) < 4.78 is 0. The summed E-state index contributed by atoms with van der Waals surface area (Å²) in [4.78, 5) is 1.25. The Bertz CT molecular complexity index is 893. The van der Waals surface area contributed by atoms with Crippen molar-refractivity contribution < 1.29 is 0 Å². The molecular formula is C21H16N2S. The van der Waals surface area contributed by atoms with E-state index in [4.69, 9.17) is 0 Å². The SMILES string of the molecule is CSc1ccc(/C=N/N=C2c3ccccc3-c3ccccc32)cc1. The molecule has 1 aliphatic carbocycles. The minimum atomic E-state index is 0.943. The number of hydrogen-bond acceptors (Lipinski definition) is 3. The zero-order valence-electron chi connectivity index (χ0n) is 13.3. The molecule has 116 valence electrons. The van der Waals surface area contributed by atoms with Crippen LogP contribution in [0.4, 0.5) is 0 Å². The quantitative estimate of drug-likeness (QED) is 0.286.